The van der Waals surface area contributed by atoms with E-state index in [1.807, 2.05) is 26.8 Å². The number of aryl methyl sites for hydroxylation is 1. The van der Waals surface area contributed by atoms with Gasteiger partial charge in [0.05, 0.1) is 4.90 Å². The topological polar surface area (TPSA) is 116 Å². The molecule has 0 aromatic heterocycles. The van der Waals surface area contributed by atoms with Crippen LogP contribution in [-0.2, 0) is 16.3 Å². The number of carbonyl (C=O) groups excluding carboxylic acids is 1. The molecule has 1 rings (SSSR count). The van der Waals surface area contributed by atoms with Gasteiger partial charge in [-0.15, -0.1) is 0 Å². The molecule has 0 saturated carbocycles. The number of amides is 1. The van der Waals surface area contributed by atoms with E-state index in [2.05, 4.69) is 4.99 Å². The van der Waals surface area contributed by atoms with Crippen molar-refractivity contribution in [3.63, 3.8) is 0 Å². The Morgan fingerprint density at radius 3 is 2.30 bits per heavy atom. The van der Waals surface area contributed by atoms with Gasteiger partial charge in [0.15, 0.2) is 15.8 Å². The lowest BCUT2D eigenvalue weighted by molar-refractivity contribution is 0.100. The van der Waals surface area contributed by atoms with Crippen LogP contribution in [0.25, 0.3) is 0 Å². The van der Waals surface area contributed by atoms with Crippen LogP contribution in [0, 0.1) is 0 Å². The standard InChI is InChI=1S/C16H25N3O3S/c1-5-7-11-8-12(10(3)6-2)14(23(4,21)22)9-13(11)15(20)19-16(17)18/h8-10H,5-7H2,1-4H3,(H4,17,18,19,20). The molecular formula is C16H25N3O3S. The second kappa shape index (κ2) is 7.59. The Morgan fingerprint density at radius 1 is 1.26 bits per heavy atom. The summed E-state index contributed by atoms with van der Waals surface area (Å²) < 4.78 is 24.3. The fourth-order valence-corrected chi connectivity index (χ4v) is 3.44. The van der Waals surface area contributed by atoms with Crippen LogP contribution >= 0.6 is 0 Å². The van der Waals surface area contributed by atoms with Gasteiger partial charge in [-0.2, -0.15) is 4.99 Å². The van der Waals surface area contributed by atoms with Crippen LogP contribution in [0.5, 0.6) is 0 Å². The zero-order valence-corrected chi connectivity index (χ0v) is 14.9. The minimum atomic E-state index is -3.47. The summed E-state index contributed by atoms with van der Waals surface area (Å²) in [7, 11) is -3.47. The Morgan fingerprint density at radius 2 is 1.87 bits per heavy atom. The molecule has 0 aliphatic heterocycles. The molecule has 23 heavy (non-hydrogen) atoms. The van der Waals surface area contributed by atoms with Crippen molar-refractivity contribution in [1.82, 2.24) is 0 Å². The first-order chi connectivity index (χ1) is 10.6. The molecular weight excluding hydrogens is 314 g/mol. The van der Waals surface area contributed by atoms with Crippen molar-refractivity contribution >= 4 is 21.7 Å². The molecule has 1 unspecified atom stereocenters. The van der Waals surface area contributed by atoms with E-state index in [1.165, 1.54) is 6.07 Å². The van der Waals surface area contributed by atoms with Crippen LogP contribution in [0.4, 0.5) is 0 Å². The predicted molar refractivity (Wildman–Crippen MR) is 92.4 cm³/mol. The lowest BCUT2D eigenvalue weighted by atomic mass is 9.92. The molecule has 7 heteroatoms. The van der Waals surface area contributed by atoms with E-state index in [9.17, 15) is 13.2 Å². The average Bonchev–Trinajstić information content (AvgIpc) is 2.44. The molecule has 1 aromatic rings. The summed E-state index contributed by atoms with van der Waals surface area (Å²) in [5.41, 5.74) is 12.3. The summed E-state index contributed by atoms with van der Waals surface area (Å²) >= 11 is 0. The largest absolute Gasteiger partial charge is 0.370 e. The molecule has 0 aliphatic carbocycles. The zero-order chi connectivity index (χ0) is 17.8. The third kappa shape index (κ3) is 4.79. The molecule has 1 amide bonds. The molecule has 0 saturated heterocycles. The average molecular weight is 339 g/mol. The van der Waals surface area contributed by atoms with Gasteiger partial charge >= 0.3 is 0 Å². The number of guanidine groups is 1. The van der Waals surface area contributed by atoms with Gasteiger partial charge in [0.1, 0.15) is 0 Å². The summed E-state index contributed by atoms with van der Waals surface area (Å²) in [4.78, 5) is 16.0. The number of nitrogens with two attached hydrogens (primary N) is 2. The van der Waals surface area contributed by atoms with Crippen molar-refractivity contribution < 1.29 is 13.2 Å². The van der Waals surface area contributed by atoms with Gasteiger partial charge in [-0.05, 0) is 36.0 Å². The highest BCUT2D eigenvalue weighted by Crippen LogP contribution is 2.30. The Bertz CT molecular complexity index is 720. The third-order valence-electron chi connectivity index (χ3n) is 3.76. The number of hydrogen-bond donors (Lipinski definition) is 2. The first kappa shape index (κ1) is 19.2. The zero-order valence-electron chi connectivity index (χ0n) is 14.1. The van der Waals surface area contributed by atoms with Crippen LogP contribution in [-0.4, -0.2) is 26.5 Å². The smallest absolute Gasteiger partial charge is 0.280 e. The lowest BCUT2D eigenvalue weighted by Gasteiger charge is -2.18. The highest BCUT2D eigenvalue weighted by Gasteiger charge is 2.22. The van der Waals surface area contributed by atoms with E-state index < -0.39 is 15.7 Å². The molecule has 6 nitrogen and oxygen atoms in total. The van der Waals surface area contributed by atoms with E-state index in [4.69, 9.17) is 11.5 Å². The molecule has 4 N–H and O–H groups in total. The fourth-order valence-electron chi connectivity index (χ4n) is 2.42. The Labute approximate surface area is 137 Å². The SMILES string of the molecule is CCCc1cc(C(C)CC)c(S(C)(=O)=O)cc1C(=O)N=C(N)N. The van der Waals surface area contributed by atoms with Gasteiger partial charge in [0.25, 0.3) is 5.91 Å². The van der Waals surface area contributed by atoms with E-state index in [-0.39, 0.29) is 22.3 Å². The van der Waals surface area contributed by atoms with Crippen molar-refractivity contribution in [2.24, 2.45) is 16.5 Å². The highest BCUT2D eigenvalue weighted by molar-refractivity contribution is 7.90. The molecule has 1 aromatic carbocycles. The first-order valence-electron chi connectivity index (χ1n) is 7.62. The Hall–Kier alpha value is -1.89. The Kier molecular flexibility index (Phi) is 6.32. The minimum Gasteiger partial charge on any atom is -0.370 e. The first-order valence-corrected chi connectivity index (χ1v) is 9.51. The van der Waals surface area contributed by atoms with E-state index in [1.54, 1.807) is 0 Å². The van der Waals surface area contributed by atoms with Crippen LogP contribution in [0.1, 0.15) is 61.0 Å². The van der Waals surface area contributed by atoms with Crippen LogP contribution in [0.15, 0.2) is 22.0 Å². The van der Waals surface area contributed by atoms with Gasteiger partial charge in [0, 0.05) is 11.8 Å². The number of benzene rings is 1. The molecule has 0 heterocycles. The number of sulfone groups is 1. The van der Waals surface area contributed by atoms with Gasteiger partial charge in [-0.25, -0.2) is 8.42 Å². The summed E-state index contributed by atoms with van der Waals surface area (Å²) in [5, 5.41) is 0. The molecule has 0 bridgehead atoms. The molecule has 1 atom stereocenters. The molecule has 0 fully saturated rings. The van der Waals surface area contributed by atoms with Crippen molar-refractivity contribution in [3.05, 3.63) is 28.8 Å². The number of carbonyl (C=O) groups is 1. The molecule has 0 radical (unpaired) electrons. The number of rotatable bonds is 6. The summed E-state index contributed by atoms with van der Waals surface area (Å²) in [6.07, 6.45) is 3.41. The second-order valence-electron chi connectivity index (χ2n) is 5.72. The van der Waals surface area contributed by atoms with E-state index >= 15 is 0 Å². The van der Waals surface area contributed by atoms with Gasteiger partial charge < -0.3 is 11.5 Å². The highest BCUT2D eigenvalue weighted by atomic mass is 32.2. The minimum absolute atomic E-state index is 0.0718. The molecule has 128 valence electrons. The maximum absolute atomic E-state index is 12.2. The predicted octanol–water partition coefficient (Wildman–Crippen LogP) is 1.97. The summed E-state index contributed by atoms with van der Waals surface area (Å²) in [5.74, 6) is -0.888. The quantitative estimate of drug-likeness (QED) is 0.607. The third-order valence-corrected chi connectivity index (χ3v) is 4.91. The molecule has 0 aliphatic rings. The van der Waals surface area contributed by atoms with Crippen molar-refractivity contribution in [2.75, 3.05) is 6.26 Å². The lowest BCUT2D eigenvalue weighted by Crippen LogP contribution is -2.24. The van der Waals surface area contributed by atoms with E-state index in [0.29, 0.717) is 6.42 Å². The number of hydrogen-bond acceptors (Lipinski definition) is 3. The second-order valence-corrected chi connectivity index (χ2v) is 7.70. The Balaban J connectivity index is 3.69. The normalized spacial score (nSPS) is 12.7. The van der Waals surface area contributed by atoms with Crippen LogP contribution in [0.3, 0.4) is 0 Å². The van der Waals surface area contributed by atoms with E-state index in [0.717, 1.165) is 30.2 Å². The maximum Gasteiger partial charge on any atom is 0.280 e. The van der Waals surface area contributed by atoms with Crippen molar-refractivity contribution in [3.8, 4) is 0 Å². The van der Waals surface area contributed by atoms with Gasteiger partial charge in [-0.1, -0.05) is 33.3 Å². The fraction of sp³-hybridized carbons (Fsp3) is 0.500. The van der Waals surface area contributed by atoms with Crippen LogP contribution in [0.2, 0.25) is 0 Å². The maximum atomic E-state index is 12.2. The number of aliphatic imine (C=N–C) groups is 1. The number of nitrogens with zero attached hydrogens (tertiary/aromatic N) is 1. The van der Waals surface area contributed by atoms with Gasteiger partial charge in [-0.3, -0.25) is 4.79 Å². The van der Waals surface area contributed by atoms with Gasteiger partial charge in [0.2, 0.25) is 0 Å². The summed E-state index contributed by atoms with van der Waals surface area (Å²) in [6, 6.07) is 3.22. The van der Waals surface area contributed by atoms with Crippen molar-refractivity contribution in [1.29, 1.82) is 0 Å². The molecule has 0 spiro atoms. The monoisotopic (exact) mass is 339 g/mol. The summed E-state index contributed by atoms with van der Waals surface area (Å²) in [6.45, 7) is 5.95. The van der Waals surface area contributed by atoms with Crippen molar-refractivity contribution in [2.45, 2.75) is 50.8 Å². The van der Waals surface area contributed by atoms with Crippen LogP contribution < -0.4 is 11.5 Å².